The van der Waals surface area contributed by atoms with Crippen LogP contribution in [0.25, 0.3) is 0 Å². The smallest absolute Gasteiger partial charge is 0.179 e. The highest BCUT2D eigenvalue weighted by molar-refractivity contribution is 6.30. The van der Waals surface area contributed by atoms with E-state index in [1.807, 2.05) is 13.8 Å². The number of nitrogens with one attached hydrogen (secondary N) is 1. The lowest BCUT2D eigenvalue weighted by atomic mass is 9.95. The quantitative estimate of drug-likeness (QED) is 0.799. The number of halogens is 1. The summed E-state index contributed by atoms with van der Waals surface area (Å²) in [6, 6.07) is 6.87. The molecule has 0 amide bonds. The molecule has 0 fully saturated rings. The summed E-state index contributed by atoms with van der Waals surface area (Å²) in [5.41, 5.74) is 0.701. The van der Waals surface area contributed by atoms with Crippen LogP contribution in [0.1, 0.15) is 24.2 Å². The summed E-state index contributed by atoms with van der Waals surface area (Å²) < 4.78 is 0. The van der Waals surface area contributed by atoms with Gasteiger partial charge in [-0.15, -0.1) is 0 Å². The molecule has 0 bridgehead atoms. The number of Topliss-reactive ketones (excluding diaryl/α,β-unsaturated/α-hetero) is 1. The predicted octanol–water partition coefficient (Wildman–Crippen LogP) is 2.77. The highest BCUT2D eigenvalue weighted by Gasteiger charge is 2.21. The molecule has 1 atom stereocenters. The number of hydrogen-bond donors (Lipinski definition) is 1. The van der Waals surface area contributed by atoms with Crippen LogP contribution in [0.2, 0.25) is 5.02 Å². The van der Waals surface area contributed by atoms with Crippen LogP contribution in [0.4, 0.5) is 0 Å². The molecule has 2 nitrogen and oxygen atoms in total. The summed E-state index contributed by atoms with van der Waals surface area (Å²) >= 11 is 5.77. The molecule has 0 heterocycles. The molecule has 1 aromatic carbocycles. The predicted molar refractivity (Wildman–Crippen MR) is 63.5 cm³/mol. The summed E-state index contributed by atoms with van der Waals surface area (Å²) in [5, 5.41) is 3.68. The summed E-state index contributed by atoms with van der Waals surface area (Å²) in [6.45, 7) is 4.05. The fraction of sp³-hybridized carbons (Fsp3) is 0.417. The second-order valence-corrected chi connectivity index (χ2v) is 4.32. The van der Waals surface area contributed by atoms with E-state index < -0.39 is 0 Å². The third kappa shape index (κ3) is 3.05. The van der Waals surface area contributed by atoms with Gasteiger partial charge in [-0.3, -0.25) is 4.79 Å². The summed E-state index contributed by atoms with van der Waals surface area (Å²) in [5.74, 6) is 0.391. The molecule has 0 saturated carbocycles. The SMILES string of the molecule is CNC(C(=O)c1ccc(Cl)cc1)C(C)C. The molecular formula is C12H16ClNO. The molecular weight excluding hydrogens is 210 g/mol. The molecule has 0 radical (unpaired) electrons. The van der Waals surface area contributed by atoms with Crippen LogP contribution >= 0.6 is 11.6 Å². The summed E-state index contributed by atoms with van der Waals surface area (Å²) in [7, 11) is 1.80. The van der Waals surface area contributed by atoms with Crippen molar-refractivity contribution in [3.63, 3.8) is 0 Å². The fourth-order valence-corrected chi connectivity index (χ4v) is 1.69. The largest absolute Gasteiger partial charge is 0.310 e. The number of hydrogen-bond acceptors (Lipinski definition) is 2. The second-order valence-electron chi connectivity index (χ2n) is 3.88. The lowest BCUT2D eigenvalue weighted by Gasteiger charge is -2.18. The van der Waals surface area contributed by atoms with E-state index in [1.165, 1.54) is 0 Å². The van der Waals surface area contributed by atoms with Gasteiger partial charge in [-0.25, -0.2) is 0 Å². The first-order valence-corrected chi connectivity index (χ1v) is 5.41. The van der Waals surface area contributed by atoms with Gasteiger partial charge in [0, 0.05) is 10.6 Å². The maximum atomic E-state index is 12.0. The molecule has 1 aromatic rings. The Morgan fingerprint density at radius 2 is 1.80 bits per heavy atom. The number of rotatable bonds is 4. The minimum atomic E-state index is -0.133. The van der Waals surface area contributed by atoms with Gasteiger partial charge >= 0.3 is 0 Å². The number of benzene rings is 1. The van der Waals surface area contributed by atoms with Crippen LogP contribution in [0, 0.1) is 5.92 Å². The van der Waals surface area contributed by atoms with Crippen LogP contribution in [0.15, 0.2) is 24.3 Å². The van der Waals surface area contributed by atoms with Crippen LogP contribution in [-0.4, -0.2) is 18.9 Å². The molecule has 82 valence electrons. The molecule has 15 heavy (non-hydrogen) atoms. The van der Waals surface area contributed by atoms with Crippen molar-refractivity contribution in [2.24, 2.45) is 5.92 Å². The van der Waals surface area contributed by atoms with Crippen LogP contribution in [0.3, 0.4) is 0 Å². The second kappa shape index (κ2) is 5.29. The zero-order valence-electron chi connectivity index (χ0n) is 9.25. The van der Waals surface area contributed by atoms with E-state index in [4.69, 9.17) is 11.6 Å². The van der Waals surface area contributed by atoms with Gasteiger partial charge in [0.15, 0.2) is 5.78 Å². The Kier molecular flexibility index (Phi) is 4.30. The van der Waals surface area contributed by atoms with Crippen molar-refractivity contribution >= 4 is 17.4 Å². The van der Waals surface area contributed by atoms with E-state index >= 15 is 0 Å². The highest BCUT2D eigenvalue weighted by Crippen LogP contribution is 2.13. The Morgan fingerprint density at radius 1 is 1.27 bits per heavy atom. The van der Waals surface area contributed by atoms with Gasteiger partial charge in [0.05, 0.1) is 6.04 Å². The van der Waals surface area contributed by atoms with Gasteiger partial charge in [-0.1, -0.05) is 25.4 Å². The maximum Gasteiger partial charge on any atom is 0.179 e. The van der Waals surface area contributed by atoms with Gasteiger partial charge in [0.2, 0.25) is 0 Å². The number of ketones is 1. The number of carbonyl (C=O) groups excluding carboxylic acids is 1. The Bertz CT molecular complexity index is 332. The Morgan fingerprint density at radius 3 is 2.20 bits per heavy atom. The zero-order chi connectivity index (χ0) is 11.4. The molecule has 0 spiro atoms. The average Bonchev–Trinajstić information content (AvgIpc) is 2.19. The van der Waals surface area contributed by atoms with E-state index in [0.717, 1.165) is 0 Å². The van der Waals surface area contributed by atoms with Gasteiger partial charge < -0.3 is 5.32 Å². The van der Waals surface area contributed by atoms with Crippen molar-refractivity contribution in [2.75, 3.05) is 7.05 Å². The molecule has 0 aliphatic carbocycles. The topological polar surface area (TPSA) is 29.1 Å². The average molecular weight is 226 g/mol. The van der Waals surface area contributed by atoms with Gasteiger partial charge in [-0.2, -0.15) is 0 Å². The van der Waals surface area contributed by atoms with Gasteiger partial charge in [0.25, 0.3) is 0 Å². The fourth-order valence-electron chi connectivity index (χ4n) is 1.56. The molecule has 0 aliphatic rings. The third-order valence-corrected chi connectivity index (χ3v) is 2.64. The molecule has 0 aliphatic heterocycles. The van der Waals surface area contributed by atoms with E-state index in [2.05, 4.69) is 5.32 Å². The van der Waals surface area contributed by atoms with Crippen molar-refractivity contribution in [3.8, 4) is 0 Å². The highest BCUT2D eigenvalue weighted by atomic mass is 35.5. The molecule has 0 saturated heterocycles. The first-order chi connectivity index (χ1) is 7.06. The van der Waals surface area contributed by atoms with Gasteiger partial charge in [0.1, 0.15) is 0 Å². The maximum absolute atomic E-state index is 12.0. The van der Waals surface area contributed by atoms with Crippen LogP contribution in [-0.2, 0) is 0 Å². The molecule has 3 heteroatoms. The Labute approximate surface area is 95.6 Å². The van der Waals surface area contributed by atoms with E-state index in [0.29, 0.717) is 10.6 Å². The first kappa shape index (κ1) is 12.2. The minimum Gasteiger partial charge on any atom is -0.310 e. The van der Waals surface area contributed by atoms with Crippen LogP contribution in [0.5, 0.6) is 0 Å². The Hall–Kier alpha value is -0.860. The lowest BCUT2D eigenvalue weighted by Crippen LogP contribution is -2.38. The molecule has 1 rings (SSSR count). The number of carbonyl (C=O) groups is 1. The van der Waals surface area contributed by atoms with Crippen LogP contribution < -0.4 is 5.32 Å². The summed E-state index contributed by atoms with van der Waals surface area (Å²) in [4.78, 5) is 12.0. The third-order valence-electron chi connectivity index (χ3n) is 2.39. The lowest BCUT2D eigenvalue weighted by molar-refractivity contribution is 0.0922. The Balaban J connectivity index is 2.88. The zero-order valence-corrected chi connectivity index (χ0v) is 10.0. The number of likely N-dealkylation sites (N-methyl/N-ethyl adjacent to an activating group) is 1. The van der Waals surface area contributed by atoms with E-state index in [-0.39, 0.29) is 17.7 Å². The van der Waals surface area contributed by atoms with Crippen molar-refractivity contribution in [1.82, 2.24) is 5.32 Å². The van der Waals surface area contributed by atoms with Crippen molar-refractivity contribution in [1.29, 1.82) is 0 Å². The first-order valence-electron chi connectivity index (χ1n) is 5.03. The van der Waals surface area contributed by atoms with Crippen molar-refractivity contribution in [3.05, 3.63) is 34.9 Å². The minimum absolute atomic E-state index is 0.115. The van der Waals surface area contributed by atoms with E-state index in [1.54, 1.807) is 31.3 Å². The molecule has 1 N–H and O–H groups in total. The van der Waals surface area contributed by atoms with Crippen molar-refractivity contribution < 1.29 is 4.79 Å². The van der Waals surface area contributed by atoms with Crippen molar-refractivity contribution in [2.45, 2.75) is 19.9 Å². The molecule has 1 unspecified atom stereocenters. The summed E-state index contributed by atoms with van der Waals surface area (Å²) in [6.07, 6.45) is 0. The monoisotopic (exact) mass is 225 g/mol. The van der Waals surface area contributed by atoms with E-state index in [9.17, 15) is 4.79 Å². The molecule has 0 aromatic heterocycles. The normalized spacial score (nSPS) is 12.9. The van der Waals surface area contributed by atoms with Gasteiger partial charge in [-0.05, 0) is 37.2 Å². The standard InChI is InChI=1S/C12H16ClNO/c1-8(2)11(14-3)12(15)9-4-6-10(13)7-5-9/h4-8,11,14H,1-3H3.